The number of rotatable bonds is 4. The average Bonchev–Trinajstić information content (AvgIpc) is 3.08. The van der Waals surface area contributed by atoms with Crippen LogP contribution in [0.4, 0.5) is 5.82 Å². The first-order valence-corrected chi connectivity index (χ1v) is 7.03. The van der Waals surface area contributed by atoms with Crippen molar-refractivity contribution >= 4 is 23.3 Å². The molecule has 0 amide bonds. The van der Waals surface area contributed by atoms with Crippen LogP contribution in [0.5, 0.6) is 0 Å². The van der Waals surface area contributed by atoms with Crippen molar-refractivity contribution in [3.63, 3.8) is 0 Å². The van der Waals surface area contributed by atoms with E-state index >= 15 is 0 Å². The summed E-state index contributed by atoms with van der Waals surface area (Å²) in [4.78, 5) is 18.4. The second-order valence-electron chi connectivity index (χ2n) is 5.46. The number of hydrogen-bond acceptors (Lipinski definition) is 8. The van der Waals surface area contributed by atoms with Gasteiger partial charge in [-0.05, 0) is 0 Å². The lowest BCUT2D eigenvalue weighted by Gasteiger charge is -2.16. The van der Waals surface area contributed by atoms with Crippen molar-refractivity contribution in [2.24, 2.45) is 4.99 Å². The van der Waals surface area contributed by atoms with Crippen LogP contribution in [0.1, 0.15) is 6.23 Å². The van der Waals surface area contributed by atoms with E-state index in [0.717, 1.165) is 0 Å². The SMILES string of the molecule is CN(C)/C=N\c1ncnc2c1ncn2C1OC(CO)C(O)C1O. The Kier molecular flexibility index (Phi) is 4.22. The summed E-state index contributed by atoms with van der Waals surface area (Å²) in [5.41, 5.74) is 0.865. The predicted molar refractivity (Wildman–Crippen MR) is 80.2 cm³/mol. The Balaban J connectivity index is 1.99. The summed E-state index contributed by atoms with van der Waals surface area (Å²) in [6.45, 7) is -0.394. The van der Waals surface area contributed by atoms with Crippen LogP contribution in [0, 0.1) is 0 Å². The Morgan fingerprint density at radius 1 is 1.30 bits per heavy atom. The minimum atomic E-state index is -1.20. The molecular formula is C13H18N6O4. The van der Waals surface area contributed by atoms with Crippen molar-refractivity contribution < 1.29 is 20.1 Å². The number of nitrogens with zero attached hydrogens (tertiary/aromatic N) is 6. The molecule has 4 unspecified atom stereocenters. The Labute approximate surface area is 131 Å². The van der Waals surface area contributed by atoms with Crippen molar-refractivity contribution in [1.29, 1.82) is 0 Å². The Morgan fingerprint density at radius 2 is 2.09 bits per heavy atom. The fourth-order valence-electron chi connectivity index (χ4n) is 2.40. The molecule has 124 valence electrons. The topological polar surface area (TPSA) is 129 Å². The van der Waals surface area contributed by atoms with E-state index in [1.807, 2.05) is 14.1 Å². The van der Waals surface area contributed by atoms with Gasteiger partial charge in [0.1, 0.15) is 24.6 Å². The maximum Gasteiger partial charge on any atom is 0.184 e. The van der Waals surface area contributed by atoms with E-state index < -0.39 is 31.1 Å². The summed E-state index contributed by atoms with van der Waals surface area (Å²) in [6, 6.07) is 0. The van der Waals surface area contributed by atoms with Gasteiger partial charge in [0.2, 0.25) is 0 Å². The first kappa shape index (κ1) is 15.7. The lowest BCUT2D eigenvalue weighted by Crippen LogP contribution is -2.33. The summed E-state index contributed by atoms with van der Waals surface area (Å²) in [6.07, 6.45) is 0.225. The zero-order valence-electron chi connectivity index (χ0n) is 12.7. The molecule has 10 heteroatoms. The third kappa shape index (κ3) is 2.77. The van der Waals surface area contributed by atoms with Crippen LogP contribution in [0.15, 0.2) is 17.6 Å². The highest BCUT2D eigenvalue weighted by Gasteiger charge is 2.43. The molecule has 1 aliphatic heterocycles. The number of imidazole rings is 1. The molecule has 4 atom stereocenters. The quantitative estimate of drug-likeness (QED) is 0.466. The molecule has 23 heavy (non-hydrogen) atoms. The van der Waals surface area contributed by atoms with Crippen LogP contribution in [-0.4, -0.2) is 85.1 Å². The second kappa shape index (κ2) is 6.16. The Morgan fingerprint density at radius 3 is 2.74 bits per heavy atom. The fraction of sp³-hybridized carbons (Fsp3) is 0.538. The summed E-state index contributed by atoms with van der Waals surface area (Å²) < 4.78 is 6.99. The van der Waals surface area contributed by atoms with Crippen LogP contribution in [0.25, 0.3) is 11.2 Å². The normalized spacial score (nSPS) is 28.0. The fourth-order valence-corrected chi connectivity index (χ4v) is 2.40. The van der Waals surface area contributed by atoms with Crippen LogP contribution < -0.4 is 0 Å². The number of aliphatic hydroxyl groups excluding tert-OH is 3. The first-order valence-electron chi connectivity index (χ1n) is 7.03. The van der Waals surface area contributed by atoms with E-state index in [4.69, 9.17) is 4.74 Å². The predicted octanol–water partition coefficient (Wildman–Crippen LogP) is -1.34. The maximum atomic E-state index is 10.1. The van der Waals surface area contributed by atoms with Crippen molar-refractivity contribution in [3.8, 4) is 0 Å². The molecule has 0 spiro atoms. The van der Waals surface area contributed by atoms with Gasteiger partial charge in [-0.25, -0.2) is 19.9 Å². The lowest BCUT2D eigenvalue weighted by molar-refractivity contribution is -0.0511. The van der Waals surface area contributed by atoms with Gasteiger partial charge in [0.25, 0.3) is 0 Å². The van der Waals surface area contributed by atoms with Crippen molar-refractivity contribution in [1.82, 2.24) is 24.4 Å². The zero-order valence-corrected chi connectivity index (χ0v) is 12.7. The monoisotopic (exact) mass is 322 g/mol. The van der Waals surface area contributed by atoms with Crippen LogP contribution in [0.2, 0.25) is 0 Å². The molecule has 1 aliphatic rings. The van der Waals surface area contributed by atoms with Gasteiger partial charge in [-0.1, -0.05) is 0 Å². The van der Waals surface area contributed by atoms with Gasteiger partial charge in [-0.15, -0.1) is 0 Å². The highest BCUT2D eigenvalue weighted by molar-refractivity contribution is 5.82. The first-order chi connectivity index (χ1) is 11.0. The van der Waals surface area contributed by atoms with Crippen LogP contribution in [0.3, 0.4) is 0 Å². The van der Waals surface area contributed by atoms with Gasteiger partial charge in [-0.3, -0.25) is 4.57 Å². The molecule has 10 nitrogen and oxygen atoms in total. The average molecular weight is 322 g/mol. The van der Waals surface area contributed by atoms with Gasteiger partial charge in [0.15, 0.2) is 23.2 Å². The summed E-state index contributed by atoms with van der Waals surface area (Å²) in [7, 11) is 3.67. The van der Waals surface area contributed by atoms with Gasteiger partial charge in [-0.2, -0.15) is 0 Å². The van der Waals surface area contributed by atoms with Crippen molar-refractivity contribution in [2.75, 3.05) is 20.7 Å². The van der Waals surface area contributed by atoms with Crippen molar-refractivity contribution in [2.45, 2.75) is 24.5 Å². The maximum absolute atomic E-state index is 10.1. The molecule has 2 aromatic heterocycles. The van der Waals surface area contributed by atoms with Crippen LogP contribution in [-0.2, 0) is 4.74 Å². The van der Waals surface area contributed by atoms with E-state index in [9.17, 15) is 15.3 Å². The molecule has 1 fully saturated rings. The van der Waals surface area contributed by atoms with Crippen LogP contribution >= 0.6 is 0 Å². The number of aliphatic hydroxyl groups is 3. The molecule has 3 heterocycles. The zero-order chi connectivity index (χ0) is 16.6. The van der Waals surface area contributed by atoms with Crippen molar-refractivity contribution in [3.05, 3.63) is 12.7 Å². The second-order valence-corrected chi connectivity index (χ2v) is 5.46. The smallest absolute Gasteiger partial charge is 0.184 e. The molecule has 2 aromatic rings. The number of ether oxygens (including phenoxy) is 1. The Hall–Kier alpha value is -2.14. The van der Waals surface area contributed by atoms with E-state index in [0.29, 0.717) is 17.0 Å². The summed E-state index contributed by atoms with van der Waals surface area (Å²) in [5, 5.41) is 29.2. The molecule has 0 aliphatic carbocycles. The van der Waals surface area contributed by atoms with E-state index in [1.165, 1.54) is 17.2 Å². The number of fused-ring (bicyclic) bond motifs is 1. The molecule has 0 radical (unpaired) electrons. The highest BCUT2D eigenvalue weighted by atomic mass is 16.6. The number of aliphatic imine (C=N–C) groups is 1. The molecule has 0 aromatic carbocycles. The molecule has 3 rings (SSSR count). The van der Waals surface area contributed by atoms with Gasteiger partial charge in [0, 0.05) is 14.1 Å². The molecule has 3 N–H and O–H groups in total. The molecule has 0 saturated carbocycles. The van der Waals surface area contributed by atoms with Gasteiger partial charge >= 0.3 is 0 Å². The third-order valence-electron chi connectivity index (χ3n) is 3.54. The third-order valence-corrected chi connectivity index (χ3v) is 3.54. The minimum Gasteiger partial charge on any atom is -0.394 e. The van der Waals surface area contributed by atoms with Gasteiger partial charge < -0.3 is 25.0 Å². The number of hydrogen-bond donors (Lipinski definition) is 3. The standard InChI is InChI=1S/C13H18N6O4/c1-18(2)5-17-11-8-12(15-4-14-11)19(6-16-8)13-10(22)9(21)7(3-20)23-13/h4-7,9-10,13,20-22H,3H2,1-2H3/b17-5-. The largest absolute Gasteiger partial charge is 0.394 e. The molecule has 1 saturated heterocycles. The molecular weight excluding hydrogens is 304 g/mol. The summed E-state index contributed by atoms with van der Waals surface area (Å²) >= 11 is 0. The minimum absolute atomic E-state index is 0.384. The van der Waals surface area contributed by atoms with E-state index in [1.54, 1.807) is 11.2 Å². The van der Waals surface area contributed by atoms with Gasteiger partial charge in [0.05, 0.1) is 19.3 Å². The number of aromatic nitrogens is 4. The van der Waals surface area contributed by atoms with E-state index in [-0.39, 0.29) is 0 Å². The van der Waals surface area contributed by atoms with E-state index in [2.05, 4.69) is 19.9 Å². The molecule has 0 bridgehead atoms. The lowest BCUT2D eigenvalue weighted by atomic mass is 10.1. The summed E-state index contributed by atoms with van der Waals surface area (Å²) in [5.74, 6) is 0.384. The highest BCUT2D eigenvalue weighted by Crippen LogP contribution is 2.32. The Bertz CT molecular complexity index is 718.